The lowest BCUT2D eigenvalue weighted by Crippen LogP contribution is -2.54. The third kappa shape index (κ3) is 4.47. The summed E-state index contributed by atoms with van der Waals surface area (Å²) < 4.78 is 5.67. The van der Waals surface area contributed by atoms with Gasteiger partial charge < -0.3 is 9.22 Å². The normalized spacial score (nSPS) is 14.0. The second kappa shape index (κ2) is 5.88. The third-order valence-corrected chi connectivity index (χ3v) is 4.88. The molecule has 1 aromatic carbocycles. The van der Waals surface area contributed by atoms with Crippen LogP contribution in [0.25, 0.3) is 0 Å². The summed E-state index contributed by atoms with van der Waals surface area (Å²) >= 11 is 0. The van der Waals surface area contributed by atoms with Crippen molar-refractivity contribution in [3.63, 3.8) is 0 Å². The fourth-order valence-corrected chi connectivity index (χ4v) is 5.51. The van der Waals surface area contributed by atoms with Gasteiger partial charge in [0.2, 0.25) is 6.04 Å². The maximum absolute atomic E-state index is 12.2. The van der Waals surface area contributed by atoms with Gasteiger partial charge in [0, 0.05) is 5.56 Å². The lowest BCUT2D eigenvalue weighted by molar-refractivity contribution is -0.903. The molecule has 0 aliphatic heterocycles. The zero-order valence-corrected chi connectivity index (χ0v) is 13.9. The Labute approximate surface area is 117 Å². The lowest BCUT2D eigenvalue weighted by Gasteiger charge is -2.40. The Morgan fingerprint density at radius 1 is 1.21 bits per heavy atom. The summed E-state index contributed by atoms with van der Waals surface area (Å²) in [6, 6.07) is 9.67. The van der Waals surface area contributed by atoms with Crippen molar-refractivity contribution in [2.75, 3.05) is 27.4 Å². The number of carbonyl (C=O) groups excluding carboxylic acids is 1. The van der Waals surface area contributed by atoms with Gasteiger partial charge in [0.1, 0.15) is 8.07 Å². The molecule has 19 heavy (non-hydrogen) atoms. The Morgan fingerprint density at radius 2 is 1.74 bits per heavy atom. The van der Waals surface area contributed by atoms with Crippen LogP contribution in [0.4, 0.5) is 0 Å². The van der Waals surface area contributed by atoms with E-state index >= 15 is 0 Å². The van der Waals surface area contributed by atoms with Crippen molar-refractivity contribution in [3.8, 4) is 0 Å². The van der Waals surface area contributed by atoms with Crippen molar-refractivity contribution in [1.82, 2.24) is 0 Å². The molecule has 0 aromatic heterocycles. The number of benzene rings is 1. The van der Waals surface area contributed by atoms with Crippen molar-refractivity contribution >= 4 is 14.0 Å². The summed E-state index contributed by atoms with van der Waals surface area (Å²) in [5.41, 5.74) is 1.03. The summed E-state index contributed by atoms with van der Waals surface area (Å²) in [5, 5.41) is 0. The molecule has 0 N–H and O–H groups in total. The molecule has 1 atom stereocenters. The zero-order valence-electron chi connectivity index (χ0n) is 12.9. The molecule has 0 fully saturated rings. The van der Waals surface area contributed by atoms with Gasteiger partial charge >= 0.3 is 5.97 Å². The molecule has 0 radical (unpaired) electrons. The third-order valence-electron chi connectivity index (χ3n) is 3.12. The maximum Gasteiger partial charge on any atom is 0.369 e. The molecular weight excluding hydrogens is 254 g/mol. The molecule has 4 heteroatoms. The number of hydrogen-bond donors (Lipinski definition) is 0. The van der Waals surface area contributed by atoms with Gasteiger partial charge in [0.15, 0.2) is 0 Å². The van der Waals surface area contributed by atoms with Gasteiger partial charge in [-0.15, -0.1) is 0 Å². The first-order chi connectivity index (χ1) is 8.67. The molecule has 0 saturated carbocycles. The maximum atomic E-state index is 12.2. The molecule has 1 aromatic rings. The number of carbonyl (C=O) groups is 1. The van der Waals surface area contributed by atoms with Gasteiger partial charge in [-0.1, -0.05) is 50.0 Å². The Hall–Kier alpha value is -1.13. The Morgan fingerprint density at radius 3 is 2.16 bits per heavy atom. The number of likely N-dealkylation sites (N-methyl/N-ethyl adjacent to an activating group) is 1. The van der Waals surface area contributed by atoms with E-state index in [9.17, 15) is 4.79 Å². The predicted molar refractivity (Wildman–Crippen MR) is 81.5 cm³/mol. The summed E-state index contributed by atoms with van der Waals surface area (Å²) in [6.07, 6.45) is 1.03. The highest BCUT2D eigenvalue weighted by molar-refractivity contribution is 6.76. The minimum Gasteiger partial charge on any atom is -0.464 e. The second-order valence-corrected chi connectivity index (χ2v) is 12.3. The van der Waals surface area contributed by atoms with Gasteiger partial charge in [-0.25, -0.2) is 4.79 Å². The highest BCUT2D eigenvalue weighted by Crippen LogP contribution is 2.28. The summed E-state index contributed by atoms with van der Waals surface area (Å²) in [6.45, 7) is 6.98. The topological polar surface area (TPSA) is 26.3 Å². The Bertz CT molecular complexity index is 424. The molecule has 1 unspecified atom stereocenters. The minimum atomic E-state index is -1.28. The van der Waals surface area contributed by atoms with Crippen molar-refractivity contribution in [2.24, 2.45) is 0 Å². The summed E-state index contributed by atoms with van der Waals surface area (Å²) in [7, 11) is 4.42. The van der Waals surface area contributed by atoms with Crippen LogP contribution >= 0.6 is 0 Å². The fourth-order valence-electron chi connectivity index (χ4n) is 2.89. The van der Waals surface area contributed by atoms with Crippen LogP contribution < -0.4 is 0 Å². The van der Waals surface area contributed by atoms with Crippen LogP contribution in [0.2, 0.25) is 19.6 Å². The van der Waals surface area contributed by atoms with E-state index in [2.05, 4.69) is 33.7 Å². The van der Waals surface area contributed by atoms with Crippen LogP contribution in [-0.4, -0.2) is 45.9 Å². The quantitative estimate of drug-likeness (QED) is 0.471. The molecule has 0 amide bonds. The number of rotatable bonds is 5. The Kier molecular flexibility index (Phi) is 4.93. The molecule has 0 aliphatic carbocycles. The van der Waals surface area contributed by atoms with Crippen LogP contribution in [-0.2, 0) is 9.53 Å². The predicted octanol–water partition coefficient (Wildman–Crippen LogP) is 2.85. The molecule has 0 saturated heterocycles. The zero-order chi connectivity index (χ0) is 14.7. The summed E-state index contributed by atoms with van der Waals surface area (Å²) in [5.74, 6) is -0.158. The van der Waals surface area contributed by atoms with E-state index < -0.39 is 8.07 Å². The number of methoxy groups -OCH3 is 1. The van der Waals surface area contributed by atoms with Gasteiger partial charge in [-0.2, -0.15) is 0 Å². The van der Waals surface area contributed by atoms with E-state index in [1.54, 1.807) is 0 Å². The van der Waals surface area contributed by atoms with Crippen molar-refractivity contribution in [2.45, 2.75) is 25.7 Å². The van der Waals surface area contributed by atoms with E-state index in [4.69, 9.17) is 4.74 Å². The van der Waals surface area contributed by atoms with Gasteiger partial charge in [-0.05, 0) is 0 Å². The molecule has 0 heterocycles. The van der Waals surface area contributed by atoms with Crippen LogP contribution in [0.1, 0.15) is 11.6 Å². The average Bonchev–Trinajstić information content (AvgIpc) is 2.26. The average molecular weight is 280 g/mol. The molecule has 1 rings (SSSR count). The van der Waals surface area contributed by atoms with Gasteiger partial charge in [0.25, 0.3) is 0 Å². The first kappa shape index (κ1) is 15.9. The lowest BCUT2D eigenvalue weighted by atomic mass is 10.0. The van der Waals surface area contributed by atoms with Crippen LogP contribution in [0.15, 0.2) is 30.3 Å². The fraction of sp³-hybridized carbons (Fsp3) is 0.533. The van der Waals surface area contributed by atoms with Gasteiger partial charge in [0.05, 0.1) is 27.4 Å². The van der Waals surface area contributed by atoms with Crippen LogP contribution in [0, 0.1) is 0 Å². The SMILES string of the molecule is COC(=O)C(c1ccccc1)[N+](C)(C)C[Si](C)(C)C. The van der Waals surface area contributed by atoms with Gasteiger partial charge in [-0.3, -0.25) is 0 Å². The van der Waals surface area contributed by atoms with Crippen molar-refractivity contribution in [1.29, 1.82) is 0 Å². The number of quaternary nitrogens is 1. The standard InChI is InChI=1S/C15H26NO2Si/c1-16(2,12-19(4,5)6)14(15(17)18-3)13-10-8-7-9-11-13/h7-11,14H,12H2,1-6H3/q+1. The van der Waals surface area contributed by atoms with E-state index in [0.29, 0.717) is 4.48 Å². The highest BCUT2D eigenvalue weighted by Gasteiger charge is 2.40. The van der Waals surface area contributed by atoms with Crippen LogP contribution in [0.3, 0.4) is 0 Å². The van der Waals surface area contributed by atoms with Crippen molar-refractivity contribution < 1.29 is 14.0 Å². The van der Waals surface area contributed by atoms with E-state index in [0.717, 1.165) is 11.7 Å². The first-order valence-electron chi connectivity index (χ1n) is 6.63. The largest absolute Gasteiger partial charge is 0.464 e. The highest BCUT2D eigenvalue weighted by atomic mass is 28.3. The molecule has 0 bridgehead atoms. The second-order valence-electron chi connectivity index (χ2n) is 6.83. The molecular formula is C15H26NO2Si+. The number of hydrogen-bond acceptors (Lipinski definition) is 2. The molecule has 3 nitrogen and oxygen atoms in total. The molecule has 0 aliphatic rings. The summed E-state index contributed by atoms with van der Waals surface area (Å²) in [4.78, 5) is 12.2. The smallest absolute Gasteiger partial charge is 0.369 e. The number of esters is 1. The minimum absolute atomic E-state index is 0.158. The van der Waals surface area contributed by atoms with Crippen LogP contribution in [0.5, 0.6) is 0 Å². The number of ether oxygens (including phenoxy) is 1. The Balaban J connectivity index is 3.14. The van der Waals surface area contributed by atoms with Crippen molar-refractivity contribution in [3.05, 3.63) is 35.9 Å². The van der Waals surface area contributed by atoms with E-state index in [1.807, 2.05) is 30.3 Å². The van der Waals surface area contributed by atoms with E-state index in [1.165, 1.54) is 7.11 Å². The monoisotopic (exact) mass is 280 g/mol. The number of nitrogens with zero attached hydrogens (tertiary/aromatic N) is 1. The first-order valence-corrected chi connectivity index (χ1v) is 10.3. The molecule has 0 spiro atoms. The van der Waals surface area contributed by atoms with E-state index in [-0.39, 0.29) is 12.0 Å². The molecule has 106 valence electrons.